The Kier molecular flexibility index (Phi) is 3.20. The van der Waals surface area contributed by atoms with Crippen LogP contribution in [0.1, 0.15) is 12.0 Å². The van der Waals surface area contributed by atoms with Crippen molar-refractivity contribution in [3.63, 3.8) is 0 Å². The number of aliphatic hydroxyl groups is 1. The van der Waals surface area contributed by atoms with Gasteiger partial charge < -0.3 is 9.84 Å². The minimum Gasteiger partial charge on any atom is -0.493 e. The van der Waals surface area contributed by atoms with Gasteiger partial charge >= 0.3 is 0 Å². The number of allylic oxidation sites excluding steroid dienone is 2. The van der Waals surface area contributed by atoms with Crippen LogP contribution in [0.4, 0.5) is 0 Å². The highest BCUT2D eigenvalue weighted by Gasteiger charge is 2.08. The lowest BCUT2D eigenvalue weighted by atomic mass is 10.1. The largest absolute Gasteiger partial charge is 0.493 e. The van der Waals surface area contributed by atoms with Crippen molar-refractivity contribution in [1.82, 2.24) is 0 Å². The summed E-state index contributed by atoms with van der Waals surface area (Å²) < 4.78 is 5.59. The van der Waals surface area contributed by atoms with E-state index in [1.165, 1.54) is 0 Å². The summed E-state index contributed by atoms with van der Waals surface area (Å²) in [5.74, 6) is 0.842. The predicted octanol–water partition coefficient (Wildman–Crippen LogP) is 2.41. The van der Waals surface area contributed by atoms with Gasteiger partial charge in [-0.15, -0.1) is 0 Å². The molecule has 0 bridgehead atoms. The molecule has 0 saturated heterocycles. The summed E-state index contributed by atoms with van der Waals surface area (Å²) in [5.41, 5.74) is 1.14. The van der Waals surface area contributed by atoms with Crippen LogP contribution in [0, 0.1) is 0 Å². The Balaban J connectivity index is 1.89. The highest BCUT2D eigenvalue weighted by atomic mass is 16.5. The van der Waals surface area contributed by atoms with Crippen molar-refractivity contribution in [2.24, 2.45) is 0 Å². The Bertz CT molecular complexity index is 365. The van der Waals surface area contributed by atoms with Crippen molar-refractivity contribution >= 4 is 0 Å². The lowest BCUT2D eigenvalue weighted by Gasteiger charge is -2.15. The fourth-order valence-electron chi connectivity index (χ4n) is 1.49. The van der Waals surface area contributed by atoms with Crippen molar-refractivity contribution in [3.05, 3.63) is 59.9 Å². The van der Waals surface area contributed by atoms with Crippen LogP contribution in [0.5, 0.6) is 0 Å². The number of benzene rings is 1. The average Bonchev–Trinajstić information content (AvgIpc) is 2.28. The van der Waals surface area contributed by atoms with Gasteiger partial charge in [-0.3, -0.25) is 0 Å². The van der Waals surface area contributed by atoms with E-state index in [9.17, 15) is 5.11 Å². The molecule has 1 aromatic carbocycles. The summed E-state index contributed by atoms with van der Waals surface area (Å²) in [6.07, 6.45) is 5.66. The van der Waals surface area contributed by atoms with Crippen molar-refractivity contribution in [2.75, 3.05) is 0 Å². The molecular weight excluding hydrogens is 188 g/mol. The second-order valence-corrected chi connectivity index (χ2v) is 3.56. The van der Waals surface area contributed by atoms with E-state index in [1.54, 1.807) is 6.08 Å². The average molecular weight is 202 g/mol. The molecule has 1 N–H and O–H groups in total. The molecule has 0 amide bonds. The van der Waals surface area contributed by atoms with Crippen LogP contribution in [0.25, 0.3) is 0 Å². The molecule has 2 heteroatoms. The number of aliphatic hydroxyl groups excluding tert-OH is 1. The number of ether oxygens (including phenoxy) is 1. The van der Waals surface area contributed by atoms with Gasteiger partial charge in [-0.1, -0.05) is 42.5 Å². The van der Waals surface area contributed by atoms with Gasteiger partial charge in [0.15, 0.2) is 0 Å². The van der Waals surface area contributed by atoms with Gasteiger partial charge in [0.05, 0.1) is 11.9 Å². The van der Waals surface area contributed by atoms with E-state index in [0.717, 1.165) is 11.3 Å². The maximum atomic E-state index is 9.37. The van der Waals surface area contributed by atoms with Gasteiger partial charge in [-0.2, -0.15) is 0 Å². The minimum absolute atomic E-state index is 0.402. The first-order chi connectivity index (χ1) is 7.34. The molecule has 1 aliphatic rings. The van der Waals surface area contributed by atoms with Gasteiger partial charge in [0.2, 0.25) is 0 Å². The van der Waals surface area contributed by atoms with Gasteiger partial charge in [-0.05, 0) is 11.6 Å². The number of rotatable bonds is 3. The molecule has 0 aromatic heterocycles. The Morgan fingerprint density at radius 3 is 2.80 bits per heavy atom. The Morgan fingerprint density at radius 1 is 1.27 bits per heavy atom. The number of hydrogen-bond acceptors (Lipinski definition) is 2. The Labute approximate surface area is 89.5 Å². The third-order valence-corrected chi connectivity index (χ3v) is 2.29. The molecule has 0 fully saturated rings. The van der Waals surface area contributed by atoms with Crippen LogP contribution in [0.15, 0.2) is 54.3 Å². The molecule has 1 atom stereocenters. The molecule has 1 unspecified atom stereocenters. The molecule has 15 heavy (non-hydrogen) atoms. The maximum absolute atomic E-state index is 9.37. The highest BCUT2D eigenvalue weighted by Crippen LogP contribution is 2.15. The van der Waals surface area contributed by atoms with E-state index in [-0.39, 0.29) is 0 Å². The van der Waals surface area contributed by atoms with Crippen molar-refractivity contribution in [2.45, 2.75) is 19.1 Å². The number of hydrogen-bond donors (Lipinski definition) is 1. The molecule has 0 aliphatic heterocycles. The molecule has 0 heterocycles. The molecule has 0 radical (unpaired) electrons. The van der Waals surface area contributed by atoms with E-state index >= 15 is 0 Å². The van der Waals surface area contributed by atoms with Crippen LogP contribution in [-0.4, -0.2) is 11.2 Å². The van der Waals surface area contributed by atoms with Crippen molar-refractivity contribution in [1.29, 1.82) is 0 Å². The van der Waals surface area contributed by atoms with Crippen LogP contribution < -0.4 is 0 Å². The van der Waals surface area contributed by atoms with E-state index in [1.807, 2.05) is 42.5 Å². The highest BCUT2D eigenvalue weighted by molar-refractivity contribution is 5.18. The zero-order valence-corrected chi connectivity index (χ0v) is 8.47. The fourth-order valence-corrected chi connectivity index (χ4v) is 1.49. The zero-order chi connectivity index (χ0) is 10.5. The molecule has 2 nitrogen and oxygen atoms in total. The minimum atomic E-state index is -0.402. The Hall–Kier alpha value is -1.54. The first-order valence-electron chi connectivity index (χ1n) is 5.07. The van der Waals surface area contributed by atoms with E-state index in [4.69, 9.17) is 4.74 Å². The SMILES string of the molecule is OC1C=CC=C(OCc2ccccc2)C1. The second-order valence-electron chi connectivity index (χ2n) is 3.56. The van der Waals surface area contributed by atoms with Gasteiger partial charge in [-0.25, -0.2) is 0 Å². The molecule has 2 rings (SSSR count). The maximum Gasteiger partial charge on any atom is 0.113 e. The van der Waals surface area contributed by atoms with E-state index in [0.29, 0.717) is 13.0 Å². The summed E-state index contributed by atoms with van der Waals surface area (Å²) in [7, 11) is 0. The van der Waals surface area contributed by atoms with Gasteiger partial charge in [0.1, 0.15) is 6.61 Å². The lowest BCUT2D eigenvalue weighted by molar-refractivity contribution is 0.146. The molecule has 1 aliphatic carbocycles. The third kappa shape index (κ3) is 2.96. The summed E-state index contributed by atoms with van der Waals surface area (Å²) in [5, 5.41) is 9.37. The van der Waals surface area contributed by atoms with E-state index < -0.39 is 6.10 Å². The standard InChI is InChI=1S/C13H14O2/c14-12-7-4-8-13(9-12)15-10-11-5-2-1-3-6-11/h1-8,12,14H,9-10H2. The monoisotopic (exact) mass is 202 g/mol. The summed E-state index contributed by atoms with van der Waals surface area (Å²) >= 11 is 0. The molecular formula is C13H14O2. The van der Waals surface area contributed by atoms with Crippen LogP contribution >= 0.6 is 0 Å². The van der Waals surface area contributed by atoms with Gasteiger partial charge in [0, 0.05) is 6.42 Å². The normalized spacial score (nSPS) is 19.8. The summed E-state index contributed by atoms with van der Waals surface area (Å²) in [6, 6.07) is 10.0. The van der Waals surface area contributed by atoms with Crippen LogP contribution in [0.2, 0.25) is 0 Å². The zero-order valence-electron chi connectivity index (χ0n) is 8.47. The van der Waals surface area contributed by atoms with Crippen molar-refractivity contribution < 1.29 is 9.84 Å². The lowest BCUT2D eigenvalue weighted by Crippen LogP contribution is -2.08. The molecule has 0 spiro atoms. The molecule has 0 saturated carbocycles. The quantitative estimate of drug-likeness (QED) is 0.815. The predicted molar refractivity (Wildman–Crippen MR) is 59.1 cm³/mol. The van der Waals surface area contributed by atoms with E-state index in [2.05, 4.69) is 0 Å². The topological polar surface area (TPSA) is 29.5 Å². The first kappa shape index (κ1) is 9.99. The first-order valence-corrected chi connectivity index (χ1v) is 5.07. The van der Waals surface area contributed by atoms with Gasteiger partial charge in [0.25, 0.3) is 0 Å². The summed E-state index contributed by atoms with van der Waals surface area (Å²) in [4.78, 5) is 0. The third-order valence-electron chi connectivity index (χ3n) is 2.29. The van der Waals surface area contributed by atoms with Crippen LogP contribution in [-0.2, 0) is 11.3 Å². The molecule has 1 aromatic rings. The smallest absolute Gasteiger partial charge is 0.113 e. The summed E-state index contributed by atoms with van der Waals surface area (Å²) in [6.45, 7) is 0.563. The fraction of sp³-hybridized carbons (Fsp3) is 0.231. The Morgan fingerprint density at radius 2 is 2.07 bits per heavy atom. The van der Waals surface area contributed by atoms with Crippen molar-refractivity contribution in [3.8, 4) is 0 Å². The molecule has 78 valence electrons. The van der Waals surface area contributed by atoms with Crippen LogP contribution in [0.3, 0.4) is 0 Å². The second kappa shape index (κ2) is 4.80.